The maximum Gasteiger partial charge on any atom is 0.338 e. The lowest BCUT2D eigenvalue weighted by molar-refractivity contribution is -0.139. The quantitative estimate of drug-likeness (QED) is 0.408. The Hall–Kier alpha value is -4.05. The van der Waals surface area contributed by atoms with Gasteiger partial charge in [-0.25, -0.2) is 9.79 Å². The molecule has 0 amide bonds. The molecule has 3 aromatic rings. The van der Waals surface area contributed by atoms with Gasteiger partial charge in [0.2, 0.25) is 0 Å². The molecule has 1 aromatic heterocycles. The largest absolute Gasteiger partial charge is 0.496 e. The molecule has 0 aliphatic carbocycles. The Morgan fingerprint density at radius 3 is 2.26 bits per heavy atom. The molecule has 2 heterocycles. The molecule has 10 heteroatoms. The summed E-state index contributed by atoms with van der Waals surface area (Å²) in [6.07, 6.45) is 1.74. The zero-order valence-corrected chi connectivity index (χ0v) is 23.3. The maximum atomic E-state index is 13.9. The molecule has 200 valence electrons. The first kappa shape index (κ1) is 27.0. The molecule has 0 spiro atoms. The van der Waals surface area contributed by atoms with Gasteiger partial charge in [-0.05, 0) is 43.7 Å². The van der Waals surface area contributed by atoms with Crippen molar-refractivity contribution < 1.29 is 23.7 Å². The van der Waals surface area contributed by atoms with Crippen LogP contribution in [-0.2, 0) is 9.53 Å². The summed E-state index contributed by atoms with van der Waals surface area (Å²) in [4.78, 5) is 34.1. The normalized spacial score (nSPS) is 15.0. The molecule has 4 rings (SSSR count). The van der Waals surface area contributed by atoms with Crippen LogP contribution < -0.4 is 34.0 Å². The van der Waals surface area contributed by atoms with Crippen molar-refractivity contribution in [1.82, 2.24) is 4.57 Å². The van der Waals surface area contributed by atoms with Crippen LogP contribution in [0.15, 0.2) is 57.5 Å². The number of ether oxygens (including phenoxy) is 4. The summed E-state index contributed by atoms with van der Waals surface area (Å²) < 4.78 is 23.7. The lowest BCUT2D eigenvalue weighted by atomic mass is 9.95. The fourth-order valence-electron chi connectivity index (χ4n) is 4.37. The third-order valence-electron chi connectivity index (χ3n) is 6.26. The number of nitrogens with zero attached hydrogens (tertiary/aromatic N) is 3. The summed E-state index contributed by atoms with van der Waals surface area (Å²) in [6, 6.07) is 10.5. The Bertz CT molecular complexity index is 1570. The summed E-state index contributed by atoms with van der Waals surface area (Å²) >= 11 is 1.24. The van der Waals surface area contributed by atoms with E-state index in [9.17, 15) is 9.59 Å². The van der Waals surface area contributed by atoms with Crippen molar-refractivity contribution in [2.24, 2.45) is 4.99 Å². The lowest BCUT2D eigenvalue weighted by Crippen LogP contribution is -2.40. The van der Waals surface area contributed by atoms with Gasteiger partial charge in [0.05, 0.1) is 49.8 Å². The van der Waals surface area contributed by atoms with Crippen LogP contribution >= 0.6 is 11.3 Å². The van der Waals surface area contributed by atoms with Gasteiger partial charge in [-0.15, -0.1) is 0 Å². The number of methoxy groups -OCH3 is 3. The van der Waals surface area contributed by atoms with E-state index in [-0.39, 0.29) is 12.2 Å². The van der Waals surface area contributed by atoms with Crippen LogP contribution in [0.5, 0.6) is 17.2 Å². The highest BCUT2D eigenvalue weighted by Crippen LogP contribution is 2.35. The number of fused-ring (bicyclic) bond motifs is 1. The van der Waals surface area contributed by atoms with Gasteiger partial charge >= 0.3 is 5.97 Å². The first-order chi connectivity index (χ1) is 18.2. The molecule has 1 unspecified atom stereocenters. The zero-order chi connectivity index (χ0) is 27.6. The Kier molecular flexibility index (Phi) is 7.91. The van der Waals surface area contributed by atoms with Gasteiger partial charge in [0.25, 0.3) is 5.56 Å². The minimum absolute atomic E-state index is 0.214. The molecular formula is C28H31N3O6S. The molecule has 0 N–H and O–H groups in total. The number of benzene rings is 2. The number of aromatic nitrogens is 1. The standard InChI is InChI=1S/C28H31N3O6S/c1-8-37-27(33)24-16(2)29-28-31(25(24)17-9-11-19(12-10-17)30(3)4)26(32)23(38-28)14-18-13-21(35-6)22(36-7)15-20(18)34-5/h9-15,25H,8H2,1-7H3. The van der Waals surface area contributed by atoms with Crippen molar-refractivity contribution >= 4 is 29.1 Å². The molecule has 1 atom stereocenters. The van der Waals surface area contributed by atoms with Gasteiger partial charge in [0.1, 0.15) is 5.75 Å². The summed E-state index contributed by atoms with van der Waals surface area (Å²) in [5, 5.41) is 0. The molecule has 0 saturated carbocycles. The molecular weight excluding hydrogens is 506 g/mol. The Morgan fingerprint density at radius 1 is 1.05 bits per heavy atom. The molecule has 1 aliphatic heterocycles. The van der Waals surface area contributed by atoms with Crippen molar-refractivity contribution in [2.45, 2.75) is 19.9 Å². The molecule has 0 saturated heterocycles. The van der Waals surface area contributed by atoms with Crippen LogP contribution in [0.1, 0.15) is 31.0 Å². The second-order valence-electron chi connectivity index (χ2n) is 8.74. The van der Waals surface area contributed by atoms with Crippen molar-refractivity contribution in [3.63, 3.8) is 0 Å². The average molecular weight is 538 g/mol. The van der Waals surface area contributed by atoms with E-state index in [1.807, 2.05) is 43.3 Å². The van der Waals surface area contributed by atoms with Crippen molar-refractivity contribution in [3.05, 3.63) is 78.5 Å². The van der Waals surface area contributed by atoms with E-state index in [4.69, 9.17) is 18.9 Å². The Labute approximate surface area is 224 Å². The highest BCUT2D eigenvalue weighted by atomic mass is 32.1. The van der Waals surface area contributed by atoms with Crippen LogP contribution in [0.25, 0.3) is 6.08 Å². The van der Waals surface area contributed by atoms with E-state index in [1.165, 1.54) is 11.3 Å². The molecule has 0 bridgehead atoms. The van der Waals surface area contributed by atoms with E-state index in [0.717, 1.165) is 11.3 Å². The topological polar surface area (TPSA) is 91.6 Å². The number of hydrogen-bond donors (Lipinski definition) is 0. The summed E-state index contributed by atoms with van der Waals surface area (Å²) in [6.45, 7) is 3.73. The number of carbonyl (C=O) groups is 1. The molecule has 0 radical (unpaired) electrons. The molecule has 0 fully saturated rings. The van der Waals surface area contributed by atoms with Gasteiger partial charge in [0.15, 0.2) is 16.3 Å². The van der Waals surface area contributed by atoms with Gasteiger partial charge in [-0.1, -0.05) is 23.5 Å². The smallest absolute Gasteiger partial charge is 0.338 e. The number of rotatable bonds is 8. The van der Waals surface area contributed by atoms with Crippen LogP contribution in [0.4, 0.5) is 5.69 Å². The van der Waals surface area contributed by atoms with Gasteiger partial charge < -0.3 is 23.8 Å². The van der Waals surface area contributed by atoms with E-state index in [2.05, 4.69) is 4.99 Å². The fraction of sp³-hybridized carbons (Fsp3) is 0.321. The maximum absolute atomic E-state index is 13.9. The van der Waals surface area contributed by atoms with Crippen molar-refractivity contribution in [1.29, 1.82) is 0 Å². The van der Waals surface area contributed by atoms with E-state index in [1.54, 1.807) is 58.0 Å². The first-order valence-corrected chi connectivity index (χ1v) is 12.8. The summed E-state index contributed by atoms with van der Waals surface area (Å²) in [5.74, 6) is 1.05. The molecule has 38 heavy (non-hydrogen) atoms. The number of thiazole rings is 1. The van der Waals surface area contributed by atoms with E-state index >= 15 is 0 Å². The van der Waals surface area contributed by atoms with Crippen molar-refractivity contribution in [2.75, 3.05) is 46.9 Å². The minimum atomic E-state index is -0.684. The van der Waals surface area contributed by atoms with Gasteiger partial charge in [-0.2, -0.15) is 0 Å². The predicted molar refractivity (Wildman–Crippen MR) is 147 cm³/mol. The summed E-state index contributed by atoms with van der Waals surface area (Å²) in [5.41, 5.74) is 3.00. The van der Waals surface area contributed by atoms with Crippen LogP contribution in [-0.4, -0.2) is 52.6 Å². The van der Waals surface area contributed by atoms with Crippen LogP contribution in [0.2, 0.25) is 0 Å². The predicted octanol–water partition coefficient (Wildman–Crippen LogP) is 2.89. The molecule has 9 nitrogen and oxygen atoms in total. The number of esters is 1. The second kappa shape index (κ2) is 11.1. The number of allylic oxidation sites excluding steroid dienone is 1. The monoisotopic (exact) mass is 537 g/mol. The summed E-state index contributed by atoms with van der Waals surface area (Å²) in [7, 11) is 8.54. The van der Waals surface area contributed by atoms with Gasteiger partial charge in [0, 0.05) is 31.4 Å². The van der Waals surface area contributed by atoms with E-state index in [0.29, 0.717) is 43.4 Å². The Morgan fingerprint density at radius 2 is 1.68 bits per heavy atom. The first-order valence-electron chi connectivity index (χ1n) is 12.0. The third-order valence-corrected chi connectivity index (χ3v) is 7.25. The highest BCUT2D eigenvalue weighted by Gasteiger charge is 2.33. The molecule has 1 aliphatic rings. The number of hydrogen-bond acceptors (Lipinski definition) is 9. The number of carbonyl (C=O) groups excluding carboxylic acids is 1. The third kappa shape index (κ3) is 4.91. The molecule has 2 aromatic carbocycles. The zero-order valence-electron chi connectivity index (χ0n) is 22.5. The average Bonchev–Trinajstić information content (AvgIpc) is 3.21. The van der Waals surface area contributed by atoms with Crippen LogP contribution in [0.3, 0.4) is 0 Å². The fourth-order valence-corrected chi connectivity index (χ4v) is 5.41. The van der Waals surface area contributed by atoms with Gasteiger partial charge in [-0.3, -0.25) is 9.36 Å². The lowest BCUT2D eigenvalue weighted by Gasteiger charge is -2.25. The van der Waals surface area contributed by atoms with Crippen LogP contribution in [0, 0.1) is 0 Å². The second-order valence-corrected chi connectivity index (χ2v) is 9.75. The van der Waals surface area contributed by atoms with Crippen molar-refractivity contribution in [3.8, 4) is 17.2 Å². The number of anilines is 1. The SMILES string of the molecule is CCOC(=O)C1=C(C)N=c2sc(=Cc3cc(OC)c(OC)cc3OC)c(=O)n2C1c1ccc(N(C)C)cc1. The highest BCUT2D eigenvalue weighted by molar-refractivity contribution is 7.07. The Balaban J connectivity index is 1.95. The van der Waals surface area contributed by atoms with E-state index < -0.39 is 12.0 Å². The minimum Gasteiger partial charge on any atom is -0.496 e.